The van der Waals surface area contributed by atoms with Crippen molar-refractivity contribution in [3.05, 3.63) is 83.4 Å². The number of hydrogen-bond donors (Lipinski definition) is 1. The summed E-state index contributed by atoms with van der Waals surface area (Å²) in [7, 11) is 3.92. The number of carbonyl (C=O) groups is 1. The molecule has 0 bridgehead atoms. The van der Waals surface area contributed by atoms with Crippen LogP contribution in [0.3, 0.4) is 0 Å². The quantitative estimate of drug-likeness (QED) is 0.512. The van der Waals surface area contributed by atoms with Gasteiger partial charge in [-0.1, -0.05) is 23.7 Å². The Labute approximate surface area is 178 Å². The zero-order valence-corrected chi connectivity index (χ0v) is 17.2. The molecule has 0 spiro atoms. The Morgan fingerprint density at radius 2 is 1.67 bits per heavy atom. The second-order valence-corrected chi connectivity index (χ2v) is 7.28. The van der Waals surface area contributed by atoms with Gasteiger partial charge in [0.1, 0.15) is 5.75 Å². The van der Waals surface area contributed by atoms with Gasteiger partial charge in [-0.25, -0.2) is 0 Å². The number of halogens is 1. The second kappa shape index (κ2) is 7.96. The van der Waals surface area contributed by atoms with Crippen LogP contribution in [0.1, 0.15) is 10.4 Å². The van der Waals surface area contributed by atoms with Crippen molar-refractivity contribution >= 4 is 23.2 Å². The molecule has 30 heavy (non-hydrogen) atoms. The Balaban J connectivity index is 1.84. The minimum absolute atomic E-state index is 0.125. The third kappa shape index (κ3) is 3.75. The Morgan fingerprint density at radius 1 is 1.00 bits per heavy atom. The molecule has 1 N–H and O–H groups in total. The van der Waals surface area contributed by atoms with Gasteiger partial charge in [-0.15, -0.1) is 0 Å². The first-order chi connectivity index (χ1) is 14.4. The molecule has 0 fully saturated rings. The molecule has 4 aromatic rings. The van der Waals surface area contributed by atoms with Crippen LogP contribution >= 0.6 is 11.6 Å². The second-order valence-electron chi connectivity index (χ2n) is 6.84. The third-order valence-electron chi connectivity index (χ3n) is 4.57. The van der Waals surface area contributed by atoms with E-state index in [1.165, 1.54) is 16.9 Å². The number of carbonyl (C=O) groups excluding carboxylic acids is 1. The molecule has 4 rings (SSSR count). The maximum atomic E-state index is 13.2. The number of anilines is 1. The summed E-state index contributed by atoms with van der Waals surface area (Å²) in [5.74, 6) is -0.261. The molecule has 150 valence electrons. The van der Waals surface area contributed by atoms with Crippen LogP contribution < -0.4 is 9.70 Å². The number of phenolic OH excluding ortho intramolecular Hbond substituents is 1. The van der Waals surface area contributed by atoms with Gasteiger partial charge in [0.25, 0.3) is 0 Å². The normalized spacial score (nSPS) is 10.8. The molecule has 3 aromatic carbocycles. The summed E-state index contributed by atoms with van der Waals surface area (Å²) in [6.07, 6.45) is 0. The van der Waals surface area contributed by atoms with E-state index in [-0.39, 0.29) is 11.3 Å². The molecule has 0 saturated carbocycles. The summed E-state index contributed by atoms with van der Waals surface area (Å²) in [6, 6.07) is 20.9. The van der Waals surface area contributed by atoms with E-state index in [1.54, 1.807) is 36.4 Å². The Kier molecular flexibility index (Phi) is 5.20. The van der Waals surface area contributed by atoms with Crippen LogP contribution in [0.5, 0.6) is 5.75 Å². The van der Waals surface area contributed by atoms with Crippen molar-refractivity contribution in [1.29, 1.82) is 0 Å². The number of para-hydroxylation sites is 1. The molecule has 0 aliphatic rings. The van der Waals surface area contributed by atoms with Crippen molar-refractivity contribution in [3.8, 4) is 22.8 Å². The minimum atomic E-state index is -0.508. The highest BCUT2D eigenvalue weighted by molar-refractivity contribution is 6.30. The lowest BCUT2D eigenvalue weighted by molar-refractivity contribution is -0.732. The first kappa shape index (κ1) is 19.6. The fourth-order valence-electron chi connectivity index (χ4n) is 2.94. The van der Waals surface area contributed by atoms with E-state index in [2.05, 4.69) is 10.2 Å². The van der Waals surface area contributed by atoms with Gasteiger partial charge in [-0.2, -0.15) is 0 Å². The number of hydrogen-bond acceptors (Lipinski definition) is 5. The molecule has 7 nitrogen and oxygen atoms in total. The number of phenols is 1. The number of tetrazole rings is 1. The maximum absolute atomic E-state index is 13.2. The molecule has 1 heterocycles. The summed E-state index contributed by atoms with van der Waals surface area (Å²) >= 11 is 6.00. The molecule has 0 aliphatic carbocycles. The molecular formula is C22H19ClN5O2+. The molecule has 0 aliphatic heterocycles. The molecule has 0 radical (unpaired) electrons. The van der Waals surface area contributed by atoms with Gasteiger partial charge in [0, 0.05) is 24.8 Å². The van der Waals surface area contributed by atoms with Crippen LogP contribution in [-0.4, -0.2) is 40.1 Å². The van der Waals surface area contributed by atoms with Crippen molar-refractivity contribution < 1.29 is 14.7 Å². The number of rotatable bonds is 4. The first-order valence-electron chi connectivity index (χ1n) is 9.20. The van der Waals surface area contributed by atoms with E-state index in [9.17, 15) is 9.90 Å². The van der Waals surface area contributed by atoms with Crippen LogP contribution in [0, 0.1) is 0 Å². The molecular weight excluding hydrogens is 402 g/mol. The lowest BCUT2D eigenvalue weighted by Crippen LogP contribution is -2.47. The van der Waals surface area contributed by atoms with Crippen molar-refractivity contribution in [1.82, 2.24) is 15.0 Å². The summed E-state index contributed by atoms with van der Waals surface area (Å²) < 4.78 is 0. The van der Waals surface area contributed by atoms with E-state index < -0.39 is 5.91 Å². The van der Waals surface area contributed by atoms with E-state index in [4.69, 9.17) is 11.6 Å². The van der Waals surface area contributed by atoms with Gasteiger partial charge in [0.05, 0.1) is 21.0 Å². The highest BCUT2D eigenvalue weighted by atomic mass is 35.5. The van der Waals surface area contributed by atoms with Crippen LogP contribution in [0.4, 0.5) is 5.69 Å². The van der Waals surface area contributed by atoms with Crippen molar-refractivity contribution in [2.45, 2.75) is 0 Å². The van der Waals surface area contributed by atoms with Gasteiger partial charge >= 0.3 is 11.7 Å². The minimum Gasteiger partial charge on any atom is -0.507 e. The summed E-state index contributed by atoms with van der Waals surface area (Å²) in [5, 5.41) is 19.7. The highest BCUT2D eigenvalue weighted by Crippen LogP contribution is 2.20. The Bertz CT molecular complexity index is 1200. The van der Waals surface area contributed by atoms with E-state index >= 15 is 0 Å². The van der Waals surface area contributed by atoms with Gasteiger partial charge in [0.2, 0.25) is 0 Å². The van der Waals surface area contributed by atoms with Gasteiger partial charge in [0.15, 0.2) is 5.69 Å². The zero-order valence-electron chi connectivity index (χ0n) is 16.4. The molecule has 0 amide bonds. The zero-order chi connectivity index (χ0) is 21.3. The summed E-state index contributed by atoms with van der Waals surface area (Å²) in [6.45, 7) is 0. The van der Waals surface area contributed by atoms with Crippen molar-refractivity contribution in [3.63, 3.8) is 0 Å². The predicted octanol–water partition coefficient (Wildman–Crippen LogP) is 3.34. The van der Waals surface area contributed by atoms with Gasteiger partial charge < -0.3 is 10.0 Å². The SMILES string of the molecule is CN(C)c1ccc(-c2nn(C(=O)c3ccccc3O)[n+](-c3ccc(Cl)cc3)n2)cc1. The van der Waals surface area contributed by atoms with Crippen LogP contribution in [0.2, 0.25) is 5.02 Å². The predicted molar refractivity (Wildman–Crippen MR) is 114 cm³/mol. The average molecular weight is 421 g/mol. The molecule has 8 heteroatoms. The number of benzene rings is 3. The molecule has 0 atom stereocenters. The van der Waals surface area contributed by atoms with Crippen LogP contribution in [-0.2, 0) is 0 Å². The van der Waals surface area contributed by atoms with Crippen LogP contribution in [0.25, 0.3) is 17.1 Å². The summed E-state index contributed by atoms with van der Waals surface area (Å²) in [5.41, 5.74) is 2.52. The monoisotopic (exact) mass is 420 g/mol. The largest absolute Gasteiger partial charge is 0.507 e. The number of aromatic nitrogens is 4. The van der Waals surface area contributed by atoms with E-state index in [0.29, 0.717) is 16.5 Å². The van der Waals surface area contributed by atoms with Crippen molar-refractivity contribution in [2.75, 3.05) is 19.0 Å². The maximum Gasteiger partial charge on any atom is 0.343 e. The smallest absolute Gasteiger partial charge is 0.343 e. The van der Waals surface area contributed by atoms with Crippen LogP contribution in [0.15, 0.2) is 72.8 Å². The highest BCUT2D eigenvalue weighted by Gasteiger charge is 2.29. The lowest BCUT2D eigenvalue weighted by Gasteiger charge is -2.11. The average Bonchev–Trinajstić information content (AvgIpc) is 3.19. The number of aromatic hydroxyl groups is 1. The number of nitrogens with zero attached hydrogens (tertiary/aromatic N) is 5. The van der Waals surface area contributed by atoms with Gasteiger partial charge in [-0.3, -0.25) is 4.79 Å². The molecule has 1 aromatic heterocycles. The molecule has 0 unspecified atom stereocenters. The van der Waals surface area contributed by atoms with Gasteiger partial charge in [-0.05, 0) is 70.6 Å². The van der Waals surface area contributed by atoms with E-state index in [1.807, 2.05) is 43.3 Å². The Morgan fingerprint density at radius 3 is 2.30 bits per heavy atom. The van der Waals surface area contributed by atoms with Crippen molar-refractivity contribution in [2.24, 2.45) is 0 Å². The fraction of sp³-hybridized carbons (Fsp3) is 0.0909. The third-order valence-corrected chi connectivity index (χ3v) is 4.83. The molecule has 0 saturated heterocycles. The van der Waals surface area contributed by atoms with E-state index in [0.717, 1.165) is 16.0 Å². The first-order valence-corrected chi connectivity index (χ1v) is 9.58. The standard InChI is InChI=1S/C22H18ClN5O2/c1-26(2)17-11-7-15(8-12-17)21-24-27(18-13-9-16(23)10-14-18)28(25-21)22(30)19-5-3-4-6-20(19)29/h3-14H,1-2H3/p+1. The Hall–Kier alpha value is -3.71. The topological polar surface area (TPSA) is 75.1 Å². The summed E-state index contributed by atoms with van der Waals surface area (Å²) in [4.78, 5) is 17.7. The fourth-order valence-corrected chi connectivity index (χ4v) is 3.07. The lowest BCUT2D eigenvalue weighted by atomic mass is 10.2.